The third-order valence-electron chi connectivity index (χ3n) is 4.08. The second kappa shape index (κ2) is 5.99. The molecule has 0 aliphatic rings. The third-order valence-corrected chi connectivity index (χ3v) is 4.08. The number of nitrogens with one attached hydrogen (secondary N) is 1. The van der Waals surface area contributed by atoms with Crippen molar-refractivity contribution in [2.24, 2.45) is 0 Å². The van der Waals surface area contributed by atoms with Gasteiger partial charge in [-0.1, -0.05) is 6.07 Å². The summed E-state index contributed by atoms with van der Waals surface area (Å²) in [7, 11) is 3.91. The number of pyridine rings is 1. The molecule has 26 heavy (non-hydrogen) atoms. The highest BCUT2D eigenvalue weighted by Gasteiger charge is 2.18. The minimum atomic E-state index is -1.08. The number of nitrogens with zero attached hydrogens (tertiary/aromatic N) is 5. The Hall–Kier alpha value is -3.68. The zero-order valence-electron chi connectivity index (χ0n) is 14.2. The Kier molecular flexibility index (Phi) is 3.65. The first-order valence-corrected chi connectivity index (χ1v) is 7.93. The standard InChI is InChI=1S/C18H16N6O2/c1-23(2)12-5-3-4-11(8-12)21-18-22-14-6-7-19-9-13(14)16-20-10-15(17(25)26)24(16)18/h3-10H,1-2H3,(H,21,22)(H,25,26). The number of benzene rings is 1. The Balaban J connectivity index is 1.94. The SMILES string of the molecule is CN(C)c1cccc(Nc2nc3ccncc3c3ncc(C(=O)O)n23)c1. The highest BCUT2D eigenvalue weighted by molar-refractivity contribution is 5.96. The summed E-state index contributed by atoms with van der Waals surface area (Å²) in [5.74, 6) is -0.697. The Morgan fingerprint density at radius 1 is 1.23 bits per heavy atom. The number of fused-ring (bicyclic) bond motifs is 3. The molecule has 0 saturated heterocycles. The van der Waals surface area contributed by atoms with Crippen LogP contribution in [-0.4, -0.2) is 44.5 Å². The van der Waals surface area contributed by atoms with E-state index in [2.05, 4.69) is 20.3 Å². The predicted molar refractivity (Wildman–Crippen MR) is 99.3 cm³/mol. The van der Waals surface area contributed by atoms with Crippen LogP contribution < -0.4 is 10.2 Å². The summed E-state index contributed by atoms with van der Waals surface area (Å²) >= 11 is 0. The van der Waals surface area contributed by atoms with Crippen molar-refractivity contribution in [3.05, 3.63) is 54.6 Å². The van der Waals surface area contributed by atoms with Crippen LogP contribution in [0.1, 0.15) is 10.5 Å². The Bertz CT molecular complexity index is 1140. The van der Waals surface area contributed by atoms with Crippen molar-refractivity contribution in [1.82, 2.24) is 19.4 Å². The van der Waals surface area contributed by atoms with E-state index in [1.165, 1.54) is 10.6 Å². The second-order valence-corrected chi connectivity index (χ2v) is 6.01. The van der Waals surface area contributed by atoms with Crippen molar-refractivity contribution >= 4 is 39.8 Å². The van der Waals surface area contributed by atoms with E-state index in [0.717, 1.165) is 11.4 Å². The van der Waals surface area contributed by atoms with Crippen LogP contribution >= 0.6 is 0 Å². The minimum Gasteiger partial charge on any atom is -0.477 e. The number of rotatable bonds is 4. The number of hydrogen-bond donors (Lipinski definition) is 2. The van der Waals surface area contributed by atoms with Gasteiger partial charge in [0.15, 0.2) is 11.3 Å². The number of imidazole rings is 1. The summed E-state index contributed by atoms with van der Waals surface area (Å²) in [4.78, 5) is 26.6. The summed E-state index contributed by atoms with van der Waals surface area (Å²) in [5, 5.41) is 13.4. The molecule has 0 amide bonds. The average Bonchev–Trinajstić information content (AvgIpc) is 3.08. The van der Waals surface area contributed by atoms with Crippen LogP contribution in [0.4, 0.5) is 17.3 Å². The van der Waals surface area contributed by atoms with Crippen molar-refractivity contribution in [1.29, 1.82) is 0 Å². The van der Waals surface area contributed by atoms with Gasteiger partial charge in [-0.25, -0.2) is 14.8 Å². The zero-order valence-corrected chi connectivity index (χ0v) is 14.2. The summed E-state index contributed by atoms with van der Waals surface area (Å²) in [6.45, 7) is 0. The van der Waals surface area contributed by atoms with Crippen LogP contribution in [0.5, 0.6) is 0 Å². The Labute approximate surface area is 148 Å². The van der Waals surface area contributed by atoms with E-state index in [4.69, 9.17) is 0 Å². The highest BCUT2D eigenvalue weighted by Crippen LogP contribution is 2.26. The number of carbonyl (C=O) groups is 1. The van der Waals surface area contributed by atoms with Crippen LogP contribution in [0.3, 0.4) is 0 Å². The summed E-state index contributed by atoms with van der Waals surface area (Å²) in [5.41, 5.74) is 3.02. The molecule has 0 atom stereocenters. The molecule has 0 spiro atoms. The number of aromatic carboxylic acids is 1. The van der Waals surface area contributed by atoms with Gasteiger partial charge in [-0.05, 0) is 24.3 Å². The van der Waals surface area contributed by atoms with Crippen molar-refractivity contribution in [2.45, 2.75) is 0 Å². The summed E-state index contributed by atoms with van der Waals surface area (Å²) in [6, 6.07) is 9.54. The van der Waals surface area contributed by atoms with E-state index in [0.29, 0.717) is 22.5 Å². The smallest absolute Gasteiger partial charge is 0.354 e. The Morgan fingerprint density at radius 2 is 2.08 bits per heavy atom. The molecule has 130 valence electrons. The second-order valence-electron chi connectivity index (χ2n) is 6.01. The highest BCUT2D eigenvalue weighted by atomic mass is 16.4. The fraction of sp³-hybridized carbons (Fsp3) is 0.111. The van der Waals surface area contributed by atoms with Crippen molar-refractivity contribution in [3.63, 3.8) is 0 Å². The minimum absolute atomic E-state index is 0.0320. The fourth-order valence-electron chi connectivity index (χ4n) is 2.80. The van der Waals surface area contributed by atoms with Crippen LogP contribution in [0.2, 0.25) is 0 Å². The lowest BCUT2D eigenvalue weighted by atomic mass is 10.2. The van der Waals surface area contributed by atoms with E-state index in [1.807, 2.05) is 43.3 Å². The van der Waals surface area contributed by atoms with E-state index in [9.17, 15) is 9.90 Å². The van der Waals surface area contributed by atoms with Gasteiger partial charge in [0.25, 0.3) is 0 Å². The number of aromatic nitrogens is 4. The van der Waals surface area contributed by atoms with Crippen molar-refractivity contribution < 1.29 is 9.90 Å². The maximum atomic E-state index is 11.6. The van der Waals surface area contributed by atoms with Gasteiger partial charge in [-0.3, -0.25) is 9.38 Å². The normalized spacial score (nSPS) is 11.0. The molecule has 0 radical (unpaired) electrons. The number of carboxylic acids is 1. The Morgan fingerprint density at radius 3 is 2.85 bits per heavy atom. The lowest BCUT2D eigenvalue weighted by Crippen LogP contribution is -2.10. The largest absolute Gasteiger partial charge is 0.477 e. The molecule has 2 N–H and O–H groups in total. The molecule has 0 aliphatic carbocycles. The van der Waals surface area contributed by atoms with E-state index in [-0.39, 0.29) is 5.69 Å². The van der Waals surface area contributed by atoms with E-state index < -0.39 is 5.97 Å². The number of anilines is 3. The van der Waals surface area contributed by atoms with Gasteiger partial charge in [0, 0.05) is 37.9 Å². The first-order valence-electron chi connectivity index (χ1n) is 7.93. The summed E-state index contributed by atoms with van der Waals surface area (Å²) in [6.07, 6.45) is 4.60. The van der Waals surface area contributed by atoms with Gasteiger partial charge >= 0.3 is 5.97 Å². The zero-order chi connectivity index (χ0) is 18.3. The van der Waals surface area contributed by atoms with Crippen LogP contribution in [0.15, 0.2) is 48.9 Å². The topological polar surface area (TPSA) is 95.6 Å². The maximum absolute atomic E-state index is 11.6. The van der Waals surface area contributed by atoms with Crippen molar-refractivity contribution in [2.75, 3.05) is 24.3 Å². The molecule has 0 aliphatic heterocycles. The number of hydrogen-bond acceptors (Lipinski definition) is 6. The molecule has 3 heterocycles. The molecule has 0 bridgehead atoms. The lowest BCUT2D eigenvalue weighted by molar-refractivity contribution is 0.0689. The molecular weight excluding hydrogens is 332 g/mol. The summed E-state index contributed by atoms with van der Waals surface area (Å²) < 4.78 is 1.49. The molecule has 3 aromatic heterocycles. The van der Waals surface area contributed by atoms with E-state index in [1.54, 1.807) is 18.5 Å². The monoisotopic (exact) mass is 348 g/mol. The van der Waals surface area contributed by atoms with E-state index >= 15 is 0 Å². The molecule has 8 heteroatoms. The van der Waals surface area contributed by atoms with Gasteiger partial charge in [0.2, 0.25) is 5.95 Å². The van der Waals surface area contributed by atoms with Crippen LogP contribution in [0, 0.1) is 0 Å². The third kappa shape index (κ3) is 2.57. The van der Waals surface area contributed by atoms with Gasteiger partial charge in [0.1, 0.15) is 0 Å². The number of carboxylic acid groups (broad SMARTS) is 1. The molecule has 4 aromatic rings. The van der Waals surface area contributed by atoms with Crippen LogP contribution in [0.25, 0.3) is 16.6 Å². The molecule has 1 aromatic carbocycles. The molecule has 0 saturated carbocycles. The predicted octanol–water partition coefficient (Wildman–Crippen LogP) is 2.79. The van der Waals surface area contributed by atoms with Crippen LogP contribution in [-0.2, 0) is 0 Å². The van der Waals surface area contributed by atoms with Gasteiger partial charge < -0.3 is 15.3 Å². The fourth-order valence-corrected chi connectivity index (χ4v) is 2.80. The molecule has 8 nitrogen and oxygen atoms in total. The quantitative estimate of drug-likeness (QED) is 0.585. The van der Waals surface area contributed by atoms with Gasteiger partial charge in [-0.15, -0.1) is 0 Å². The van der Waals surface area contributed by atoms with Crippen molar-refractivity contribution in [3.8, 4) is 0 Å². The molecule has 0 unspecified atom stereocenters. The molecule has 4 rings (SSSR count). The lowest BCUT2D eigenvalue weighted by Gasteiger charge is -2.15. The maximum Gasteiger partial charge on any atom is 0.354 e. The molecular formula is C18H16N6O2. The average molecular weight is 348 g/mol. The first-order chi connectivity index (χ1) is 12.5. The first kappa shape index (κ1) is 15.8. The van der Waals surface area contributed by atoms with Gasteiger partial charge in [0.05, 0.1) is 17.1 Å². The van der Waals surface area contributed by atoms with Gasteiger partial charge in [-0.2, -0.15) is 0 Å². The molecule has 0 fully saturated rings.